The number of nitrogens with zero attached hydrogens (tertiary/aromatic N) is 2. The maximum atomic E-state index is 11.6. The highest BCUT2D eigenvalue weighted by Gasteiger charge is 2.10. The second-order valence-corrected chi connectivity index (χ2v) is 9.60. The van der Waals surface area contributed by atoms with E-state index in [-0.39, 0.29) is 29.7 Å². The Balaban J connectivity index is 0.00000512. The van der Waals surface area contributed by atoms with Crippen LogP contribution in [0.2, 0.25) is 0 Å². The second-order valence-electron chi connectivity index (χ2n) is 7.67. The molecule has 0 radical (unpaired) electrons. The fourth-order valence-corrected chi connectivity index (χ4v) is 3.87. The van der Waals surface area contributed by atoms with Gasteiger partial charge in [0.15, 0.2) is 5.96 Å². The minimum Gasteiger partial charge on any atom is -0.356 e. The highest BCUT2D eigenvalue weighted by molar-refractivity contribution is 14.0. The molecule has 0 saturated carbocycles. The lowest BCUT2D eigenvalue weighted by Crippen LogP contribution is -2.39. The first kappa shape index (κ1) is 28.3. The quantitative estimate of drug-likeness (QED) is 0.219. The molecule has 1 unspecified atom stereocenters. The second kappa shape index (κ2) is 14.5. The maximum absolute atomic E-state index is 11.6. The summed E-state index contributed by atoms with van der Waals surface area (Å²) in [5.41, 5.74) is 3.13. The lowest BCUT2D eigenvalue weighted by molar-refractivity contribution is 0.238. The van der Waals surface area contributed by atoms with Gasteiger partial charge >= 0.3 is 0 Å². The predicted octanol–water partition coefficient (Wildman–Crippen LogP) is 2.93. The molecule has 0 saturated heterocycles. The van der Waals surface area contributed by atoms with Crippen LogP contribution in [0.25, 0.3) is 0 Å². The molecule has 0 aliphatic carbocycles. The summed E-state index contributed by atoms with van der Waals surface area (Å²) in [6, 6.07) is 18.5. The molecule has 0 aromatic heterocycles. The molecule has 7 nitrogen and oxygen atoms in total. The Morgan fingerprint density at radius 1 is 1.00 bits per heavy atom. The largest absolute Gasteiger partial charge is 0.356 e. The van der Waals surface area contributed by atoms with Gasteiger partial charge in [0.25, 0.3) is 0 Å². The molecule has 3 N–H and O–H groups in total. The Bertz CT molecular complexity index is 921. The van der Waals surface area contributed by atoms with E-state index < -0.39 is 10.0 Å². The monoisotopic (exact) mass is 573 g/mol. The zero-order valence-electron chi connectivity index (χ0n) is 19.3. The van der Waals surface area contributed by atoms with Crippen LogP contribution in [0.1, 0.15) is 30.0 Å². The number of nitrogens with one attached hydrogen (secondary N) is 3. The first-order valence-electron chi connectivity index (χ1n) is 10.5. The van der Waals surface area contributed by atoms with Crippen molar-refractivity contribution in [3.63, 3.8) is 0 Å². The van der Waals surface area contributed by atoms with E-state index in [9.17, 15) is 8.42 Å². The van der Waals surface area contributed by atoms with Crippen LogP contribution in [0.3, 0.4) is 0 Å². The summed E-state index contributed by atoms with van der Waals surface area (Å²) in [4.78, 5) is 6.63. The first-order valence-corrected chi connectivity index (χ1v) is 12.2. The molecular weight excluding hydrogens is 537 g/mol. The molecule has 2 aromatic carbocycles. The van der Waals surface area contributed by atoms with Gasteiger partial charge in [0, 0.05) is 32.7 Å². The van der Waals surface area contributed by atoms with E-state index in [1.165, 1.54) is 12.6 Å². The number of guanidine groups is 1. The van der Waals surface area contributed by atoms with Crippen LogP contribution < -0.4 is 15.4 Å². The Kier molecular flexibility index (Phi) is 12.8. The van der Waals surface area contributed by atoms with Crippen molar-refractivity contribution in [1.82, 2.24) is 20.3 Å². The third-order valence-corrected chi connectivity index (χ3v) is 6.59. The molecular formula is C23H36IN5O2S. The number of rotatable bonds is 11. The number of hydrogen-bond donors (Lipinski definition) is 3. The Morgan fingerprint density at radius 3 is 2.22 bits per heavy atom. The average Bonchev–Trinajstić information content (AvgIpc) is 2.77. The third kappa shape index (κ3) is 10.3. The zero-order valence-corrected chi connectivity index (χ0v) is 22.5. The lowest BCUT2D eigenvalue weighted by Gasteiger charge is -2.25. The molecule has 0 bridgehead atoms. The fourth-order valence-electron chi connectivity index (χ4n) is 3.10. The molecule has 32 heavy (non-hydrogen) atoms. The van der Waals surface area contributed by atoms with Crippen molar-refractivity contribution in [2.24, 2.45) is 4.99 Å². The molecule has 0 heterocycles. The standard InChI is InChI=1S/C23H35N5O2S.HI/c1-19(28(4)17-21-8-6-5-7-9-21)14-15-26-23(24-2)27-16-20-10-12-22(13-11-20)18-31(29,30)25-3;/h5-13,19,25H,14-18H2,1-4H3,(H2,24,26,27);1H. The fraction of sp³-hybridized carbons (Fsp3) is 0.435. The summed E-state index contributed by atoms with van der Waals surface area (Å²) in [5.74, 6) is 0.733. The smallest absolute Gasteiger partial charge is 0.215 e. The van der Waals surface area contributed by atoms with Crippen molar-refractivity contribution in [2.75, 3.05) is 27.7 Å². The van der Waals surface area contributed by atoms with E-state index in [1.807, 2.05) is 30.3 Å². The van der Waals surface area contributed by atoms with Crippen molar-refractivity contribution < 1.29 is 8.42 Å². The van der Waals surface area contributed by atoms with Gasteiger partial charge in [0.1, 0.15) is 0 Å². The number of aliphatic imine (C=N–C) groups is 1. The van der Waals surface area contributed by atoms with Gasteiger partial charge in [-0.05, 0) is 44.1 Å². The Labute approximate surface area is 210 Å². The number of halogens is 1. The topological polar surface area (TPSA) is 85.8 Å². The summed E-state index contributed by atoms with van der Waals surface area (Å²) in [5, 5.41) is 6.67. The first-order chi connectivity index (χ1) is 14.8. The summed E-state index contributed by atoms with van der Waals surface area (Å²) in [6.45, 7) is 4.60. The van der Waals surface area contributed by atoms with Crippen molar-refractivity contribution in [3.8, 4) is 0 Å². The SMILES string of the molecule is CN=C(NCCC(C)N(C)Cc1ccccc1)NCc1ccc(CS(=O)(=O)NC)cc1.I. The molecule has 2 rings (SSSR count). The Morgan fingerprint density at radius 2 is 1.62 bits per heavy atom. The predicted molar refractivity (Wildman–Crippen MR) is 144 cm³/mol. The van der Waals surface area contributed by atoms with Gasteiger partial charge in [-0.15, -0.1) is 24.0 Å². The van der Waals surface area contributed by atoms with Crippen molar-refractivity contribution in [1.29, 1.82) is 0 Å². The van der Waals surface area contributed by atoms with E-state index in [4.69, 9.17) is 0 Å². The van der Waals surface area contributed by atoms with E-state index in [0.717, 1.165) is 36.6 Å². The highest BCUT2D eigenvalue weighted by atomic mass is 127. The summed E-state index contributed by atoms with van der Waals surface area (Å²) < 4.78 is 25.6. The molecule has 9 heteroatoms. The number of sulfonamides is 1. The molecule has 178 valence electrons. The van der Waals surface area contributed by atoms with Gasteiger partial charge in [0.05, 0.1) is 5.75 Å². The van der Waals surface area contributed by atoms with Crippen LogP contribution in [0.5, 0.6) is 0 Å². The van der Waals surface area contributed by atoms with Crippen LogP contribution in [-0.2, 0) is 28.9 Å². The van der Waals surface area contributed by atoms with E-state index >= 15 is 0 Å². The summed E-state index contributed by atoms with van der Waals surface area (Å²) in [7, 11) is 2.08. The van der Waals surface area contributed by atoms with Crippen LogP contribution in [0.15, 0.2) is 59.6 Å². The van der Waals surface area contributed by atoms with Gasteiger partial charge in [0.2, 0.25) is 10.0 Å². The number of benzene rings is 2. The van der Waals surface area contributed by atoms with Crippen LogP contribution in [0, 0.1) is 0 Å². The van der Waals surface area contributed by atoms with Gasteiger partial charge in [-0.2, -0.15) is 0 Å². The normalized spacial score (nSPS) is 12.8. The third-order valence-electron chi connectivity index (χ3n) is 5.26. The average molecular weight is 574 g/mol. The summed E-state index contributed by atoms with van der Waals surface area (Å²) >= 11 is 0. The minimum atomic E-state index is -3.25. The Hall–Kier alpha value is -1.69. The molecule has 2 aromatic rings. The highest BCUT2D eigenvalue weighted by Crippen LogP contribution is 2.09. The summed E-state index contributed by atoms with van der Waals surface area (Å²) in [6.07, 6.45) is 0.999. The molecule has 0 aliphatic rings. The van der Waals surface area contributed by atoms with E-state index in [2.05, 4.69) is 63.5 Å². The lowest BCUT2D eigenvalue weighted by atomic mass is 10.1. The van der Waals surface area contributed by atoms with Crippen LogP contribution in [0.4, 0.5) is 0 Å². The van der Waals surface area contributed by atoms with Gasteiger partial charge in [-0.25, -0.2) is 13.1 Å². The molecule has 0 spiro atoms. The van der Waals surface area contributed by atoms with Gasteiger partial charge in [-0.3, -0.25) is 9.89 Å². The van der Waals surface area contributed by atoms with Gasteiger partial charge < -0.3 is 10.6 Å². The van der Waals surface area contributed by atoms with Gasteiger partial charge in [-0.1, -0.05) is 54.6 Å². The zero-order chi connectivity index (χ0) is 22.7. The van der Waals surface area contributed by atoms with Crippen molar-refractivity contribution >= 4 is 40.0 Å². The van der Waals surface area contributed by atoms with Crippen LogP contribution in [-0.4, -0.2) is 53.0 Å². The minimum absolute atomic E-state index is 0. The van der Waals surface area contributed by atoms with Crippen molar-refractivity contribution in [2.45, 2.75) is 38.2 Å². The molecule has 0 aliphatic heterocycles. The van der Waals surface area contributed by atoms with Crippen LogP contribution >= 0.6 is 24.0 Å². The molecule has 1 atom stereocenters. The number of hydrogen-bond acceptors (Lipinski definition) is 4. The molecule has 0 amide bonds. The van der Waals surface area contributed by atoms with E-state index in [0.29, 0.717) is 12.6 Å². The van der Waals surface area contributed by atoms with Crippen molar-refractivity contribution in [3.05, 3.63) is 71.3 Å². The van der Waals surface area contributed by atoms with E-state index in [1.54, 1.807) is 7.05 Å². The molecule has 0 fully saturated rings. The maximum Gasteiger partial charge on any atom is 0.215 e.